The molecule has 1 aromatic carbocycles. The molecule has 3 rings (SSSR count). The van der Waals surface area contributed by atoms with Crippen molar-refractivity contribution in [3.05, 3.63) is 47.8 Å². The van der Waals surface area contributed by atoms with E-state index in [2.05, 4.69) is 21.5 Å². The lowest BCUT2D eigenvalue weighted by Gasteiger charge is -2.22. The average molecular weight is 546 g/mol. The van der Waals surface area contributed by atoms with E-state index in [-0.39, 0.29) is 24.0 Å². The summed E-state index contributed by atoms with van der Waals surface area (Å²) in [7, 11) is 1.51. The summed E-state index contributed by atoms with van der Waals surface area (Å²) < 4.78 is 28.3. The summed E-state index contributed by atoms with van der Waals surface area (Å²) in [5.41, 5.74) is 1.94. The number of hydrogen-bond acceptors (Lipinski definition) is 4. The van der Waals surface area contributed by atoms with Crippen LogP contribution in [-0.2, 0) is 23.6 Å². The Morgan fingerprint density at radius 3 is 2.70 bits per heavy atom. The number of sulfonamides is 1. The third-order valence-electron chi connectivity index (χ3n) is 5.15. The highest BCUT2D eigenvalue weighted by Crippen LogP contribution is 2.27. The van der Waals surface area contributed by atoms with Crippen LogP contribution in [0.5, 0.6) is 0 Å². The highest BCUT2D eigenvalue weighted by Gasteiger charge is 2.27. The molecule has 166 valence electrons. The van der Waals surface area contributed by atoms with Crippen LogP contribution >= 0.6 is 24.0 Å². The maximum absolute atomic E-state index is 12.6. The Hall–Kier alpha value is -1.66. The Balaban J connectivity index is 0.00000320. The number of hydrogen-bond donors (Lipinski definition) is 1. The van der Waals surface area contributed by atoms with E-state index in [9.17, 15) is 8.42 Å². The maximum atomic E-state index is 12.6. The Kier molecular flexibility index (Phi) is 8.68. The van der Waals surface area contributed by atoms with E-state index in [1.807, 2.05) is 37.0 Å². The molecule has 2 aromatic rings. The largest absolute Gasteiger partial charge is 0.357 e. The standard InChI is InChI=1S/C20H30N6O2S.HI/c1-5-21-20(26-11-10-17(15-26)18-13-23-25(4)14-18)22-12-16-8-6-7-9-19(16)29(27,28)24(2)3;/h6-9,13-14,17H,5,10-12,15H2,1-4H3,(H,21,22);1H. The second-order valence-corrected chi connectivity index (χ2v) is 9.56. The Labute approximate surface area is 196 Å². The number of benzene rings is 1. The summed E-state index contributed by atoms with van der Waals surface area (Å²) >= 11 is 0. The molecule has 1 aliphatic heterocycles. The monoisotopic (exact) mass is 546 g/mol. The van der Waals surface area contributed by atoms with E-state index in [1.165, 1.54) is 9.87 Å². The zero-order valence-electron chi connectivity index (χ0n) is 17.9. The number of likely N-dealkylation sites (tertiary alicyclic amines) is 1. The van der Waals surface area contributed by atoms with Crippen LogP contribution in [0.3, 0.4) is 0 Å². The highest BCUT2D eigenvalue weighted by atomic mass is 127. The molecule has 0 bridgehead atoms. The van der Waals surface area contributed by atoms with Crippen molar-refractivity contribution in [2.45, 2.75) is 30.7 Å². The number of guanidine groups is 1. The summed E-state index contributed by atoms with van der Waals surface area (Å²) in [4.78, 5) is 7.31. The molecule has 1 saturated heterocycles. The Morgan fingerprint density at radius 2 is 2.07 bits per heavy atom. The highest BCUT2D eigenvalue weighted by molar-refractivity contribution is 14.0. The molecular weight excluding hydrogens is 515 g/mol. The number of nitrogens with one attached hydrogen (secondary N) is 1. The van der Waals surface area contributed by atoms with Crippen molar-refractivity contribution in [1.29, 1.82) is 0 Å². The van der Waals surface area contributed by atoms with Crippen molar-refractivity contribution in [3.63, 3.8) is 0 Å². The number of aliphatic imine (C=N–C) groups is 1. The van der Waals surface area contributed by atoms with Crippen molar-refractivity contribution in [2.24, 2.45) is 12.0 Å². The molecule has 0 radical (unpaired) electrons. The predicted molar refractivity (Wildman–Crippen MR) is 130 cm³/mol. The lowest BCUT2D eigenvalue weighted by atomic mass is 10.0. The van der Waals surface area contributed by atoms with Crippen LogP contribution in [0.25, 0.3) is 0 Å². The quantitative estimate of drug-likeness (QED) is 0.342. The first-order chi connectivity index (χ1) is 13.8. The Morgan fingerprint density at radius 1 is 1.33 bits per heavy atom. The average Bonchev–Trinajstić information content (AvgIpc) is 3.34. The fraction of sp³-hybridized carbons (Fsp3) is 0.500. The van der Waals surface area contributed by atoms with Gasteiger partial charge in [-0.1, -0.05) is 18.2 Å². The van der Waals surface area contributed by atoms with Crippen LogP contribution in [0.2, 0.25) is 0 Å². The van der Waals surface area contributed by atoms with Gasteiger partial charge in [-0.25, -0.2) is 17.7 Å². The fourth-order valence-electron chi connectivity index (χ4n) is 3.54. The molecule has 8 nitrogen and oxygen atoms in total. The van der Waals surface area contributed by atoms with Crippen LogP contribution in [0, 0.1) is 0 Å². The second kappa shape index (κ2) is 10.6. The van der Waals surface area contributed by atoms with E-state index in [0.717, 1.165) is 32.0 Å². The molecule has 30 heavy (non-hydrogen) atoms. The maximum Gasteiger partial charge on any atom is 0.242 e. The minimum atomic E-state index is -3.51. The molecular formula is C20H31IN6O2S. The van der Waals surface area contributed by atoms with Gasteiger partial charge in [0.15, 0.2) is 5.96 Å². The SMILES string of the molecule is CCNC(=NCc1ccccc1S(=O)(=O)N(C)C)N1CCC(c2cnn(C)c2)C1.I. The molecule has 10 heteroatoms. The van der Waals surface area contributed by atoms with Crippen LogP contribution < -0.4 is 5.32 Å². The molecule has 1 atom stereocenters. The van der Waals surface area contributed by atoms with Crippen LogP contribution in [0.4, 0.5) is 0 Å². The van der Waals surface area contributed by atoms with Gasteiger partial charge in [-0.15, -0.1) is 24.0 Å². The van der Waals surface area contributed by atoms with Crippen molar-refractivity contribution >= 4 is 40.0 Å². The van der Waals surface area contributed by atoms with E-state index in [0.29, 0.717) is 22.9 Å². The number of halogens is 1. The smallest absolute Gasteiger partial charge is 0.242 e. The molecule has 1 N–H and O–H groups in total. The van der Waals surface area contributed by atoms with Crippen molar-refractivity contribution in [2.75, 3.05) is 33.7 Å². The summed E-state index contributed by atoms with van der Waals surface area (Å²) in [5.74, 6) is 1.24. The molecule has 0 spiro atoms. The van der Waals surface area contributed by atoms with Gasteiger partial charge in [0.25, 0.3) is 0 Å². The summed E-state index contributed by atoms with van der Waals surface area (Å²) in [6, 6.07) is 7.06. The number of aryl methyl sites for hydroxylation is 1. The van der Waals surface area contributed by atoms with Gasteiger partial charge < -0.3 is 10.2 Å². The van der Waals surface area contributed by atoms with Crippen molar-refractivity contribution < 1.29 is 8.42 Å². The van der Waals surface area contributed by atoms with E-state index in [1.54, 1.807) is 26.2 Å². The lowest BCUT2D eigenvalue weighted by molar-refractivity contribution is 0.485. The van der Waals surface area contributed by atoms with Gasteiger partial charge >= 0.3 is 0 Å². The third-order valence-corrected chi connectivity index (χ3v) is 7.06. The first-order valence-electron chi connectivity index (χ1n) is 9.85. The summed E-state index contributed by atoms with van der Waals surface area (Å²) in [5, 5.41) is 7.63. The molecule has 1 fully saturated rings. The minimum absolute atomic E-state index is 0. The normalized spacial score (nSPS) is 17.3. The summed E-state index contributed by atoms with van der Waals surface area (Å²) in [6.45, 7) is 4.87. The van der Waals surface area contributed by atoms with Gasteiger partial charge in [0.05, 0.1) is 17.6 Å². The molecule has 1 unspecified atom stereocenters. The van der Waals surface area contributed by atoms with E-state index >= 15 is 0 Å². The molecule has 2 heterocycles. The molecule has 0 saturated carbocycles. The summed E-state index contributed by atoms with van der Waals surface area (Å²) in [6.07, 6.45) is 5.04. The predicted octanol–water partition coefficient (Wildman–Crippen LogP) is 2.24. The van der Waals surface area contributed by atoms with Gasteiger partial charge in [0.1, 0.15) is 0 Å². The van der Waals surface area contributed by atoms with E-state index in [4.69, 9.17) is 4.99 Å². The van der Waals surface area contributed by atoms with Crippen LogP contribution in [0.15, 0.2) is 46.5 Å². The molecule has 1 aromatic heterocycles. The van der Waals surface area contributed by atoms with Crippen molar-refractivity contribution in [3.8, 4) is 0 Å². The fourth-order valence-corrected chi connectivity index (χ4v) is 4.65. The van der Waals surface area contributed by atoms with Crippen LogP contribution in [-0.4, -0.2) is 67.1 Å². The molecule has 0 aliphatic carbocycles. The van der Waals surface area contributed by atoms with Crippen molar-refractivity contribution in [1.82, 2.24) is 24.3 Å². The van der Waals surface area contributed by atoms with Gasteiger partial charge in [0.2, 0.25) is 10.0 Å². The van der Waals surface area contributed by atoms with E-state index < -0.39 is 10.0 Å². The molecule has 1 aliphatic rings. The first kappa shape index (κ1) is 24.6. The first-order valence-corrected chi connectivity index (χ1v) is 11.3. The van der Waals surface area contributed by atoms with Gasteiger partial charge in [-0.05, 0) is 30.5 Å². The minimum Gasteiger partial charge on any atom is -0.357 e. The topological polar surface area (TPSA) is 82.8 Å². The van der Waals surface area contributed by atoms with Gasteiger partial charge in [-0.3, -0.25) is 4.68 Å². The zero-order chi connectivity index (χ0) is 21.0. The third kappa shape index (κ3) is 5.52. The lowest BCUT2D eigenvalue weighted by Crippen LogP contribution is -2.40. The zero-order valence-corrected chi connectivity index (χ0v) is 21.1. The number of aromatic nitrogens is 2. The Bertz CT molecular complexity index is 973. The van der Waals surface area contributed by atoms with Gasteiger partial charge in [-0.2, -0.15) is 5.10 Å². The van der Waals surface area contributed by atoms with Gasteiger partial charge in [0, 0.05) is 52.9 Å². The molecule has 0 amide bonds. The van der Waals surface area contributed by atoms with Crippen LogP contribution in [0.1, 0.15) is 30.4 Å². The number of rotatable bonds is 6. The number of nitrogens with zero attached hydrogens (tertiary/aromatic N) is 5. The second-order valence-electron chi connectivity index (χ2n) is 7.44.